The fraction of sp³-hybridized carbons (Fsp3) is 0.368. The molecule has 8 heteroatoms. The van der Waals surface area contributed by atoms with Crippen molar-refractivity contribution in [3.8, 4) is 5.75 Å². The fourth-order valence-corrected chi connectivity index (χ4v) is 5.85. The molecular weight excluding hydrogens is 578 g/mol. The molecule has 4 aromatic carbocycles. The second-order valence-electron chi connectivity index (χ2n) is 11.5. The van der Waals surface area contributed by atoms with E-state index in [9.17, 15) is 5.53 Å². The lowest BCUT2D eigenvalue weighted by Crippen LogP contribution is -2.60. The van der Waals surface area contributed by atoms with E-state index in [2.05, 4.69) is 29.1 Å². The van der Waals surface area contributed by atoms with Crippen LogP contribution in [0.1, 0.15) is 42.5 Å². The molecule has 0 radical (unpaired) electrons. The first-order valence-corrected chi connectivity index (χ1v) is 16.0. The molecule has 8 nitrogen and oxygen atoms in total. The number of azide groups is 1. The average Bonchev–Trinajstić information content (AvgIpc) is 3.10. The van der Waals surface area contributed by atoms with Crippen LogP contribution in [0.4, 0.5) is 0 Å². The molecule has 1 aliphatic rings. The van der Waals surface area contributed by atoms with Crippen LogP contribution in [0.3, 0.4) is 0 Å². The topological polar surface area (TPSA) is 94.9 Å². The fourth-order valence-electron chi connectivity index (χ4n) is 5.85. The molecule has 1 fully saturated rings. The Morgan fingerprint density at radius 1 is 0.696 bits per heavy atom. The predicted molar refractivity (Wildman–Crippen MR) is 178 cm³/mol. The third-order valence-corrected chi connectivity index (χ3v) is 8.21. The summed E-state index contributed by atoms with van der Waals surface area (Å²) in [4.78, 5) is 3.03. The highest BCUT2D eigenvalue weighted by atomic mass is 16.6. The summed E-state index contributed by atoms with van der Waals surface area (Å²) in [5, 5.41) is 3.90. The number of hydrogen-bond acceptors (Lipinski definition) is 6. The number of nitrogens with zero attached hydrogens (tertiary/aromatic N) is 3. The molecule has 0 saturated carbocycles. The Morgan fingerprint density at radius 3 is 1.74 bits per heavy atom. The van der Waals surface area contributed by atoms with Crippen molar-refractivity contribution in [2.24, 2.45) is 5.11 Å². The van der Waals surface area contributed by atoms with Gasteiger partial charge in [0.15, 0.2) is 0 Å². The molecule has 240 valence electrons. The molecule has 46 heavy (non-hydrogen) atoms. The van der Waals surface area contributed by atoms with Gasteiger partial charge in [0.05, 0.1) is 38.6 Å². The van der Waals surface area contributed by atoms with Gasteiger partial charge in [-0.2, -0.15) is 0 Å². The number of para-hydroxylation sites is 1. The molecule has 1 aliphatic heterocycles. The van der Waals surface area contributed by atoms with E-state index in [1.165, 1.54) is 0 Å². The first kappa shape index (κ1) is 33.2. The Hall–Kier alpha value is -4.17. The standard InChI is InChI=1S/C38H43N3O5/c1-3-32-21-13-14-22-34(32)46-33(24-40-41-39)23-35-37(43-26-30-17-9-5-10-18-30)38(44-27-31-19-11-6-12-20-31)36(28(2)45-35)42-25-29-15-7-4-8-16-29/h4-22,28,33,35-38H,3,23-27H2,1-2H3/t28-,33?,35-,36+,37+,38+/m0/s1. The number of aryl methyl sites for hydroxylation is 1. The number of benzene rings is 4. The van der Waals surface area contributed by atoms with Crippen LogP contribution in [-0.2, 0) is 45.2 Å². The molecular formula is C38H43N3O5. The molecule has 0 aliphatic carbocycles. The summed E-state index contributed by atoms with van der Waals surface area (Å²) in [5.74, 6) is 0.773. The van der Waals surface area contributed by atoms with E-state index in [-0.39, 0.29) is 12.6 Å². The van der Waals surface area contributed by atoms with Crippen molar-refractivity contribution in [2.75, 3.05) is 6.54 Å². The normalized spacial score (nSPS) is 21.7. The average molecular weight is 622 g/mol. The molecule has 6 atom stereocenters. The highest BCUT2D eigenvalue weighted by molar-refractivity contribution is 5.33. The predicted octanol–water partition coefficient (Wildman–Crippen LogP) is 8.24. The lowest BCUT2D eigenvalue weighted by Gasteiger charge is -2.46. The van der Waals surface area contributed by atoms with E-state index in [4.69, 9.17) is 23.7 Å². The molecule has 1 saturated heterocycles. The second-order valence-corrected chi connectivity index (χ2v) is 11.5. The summed E-state index contributed by atoms with van der Waals surface area (Å²) in [6.07, 6.45) is -1.29. The Bertz CT molecular complexity index is 1500. The van der Waals surface area contributed by atoms with Gasteiger partial charge in [0, 0.05) is 11.3 Å². The van der Waals surface area contributed by atoms with E-state index >= 15 is 0 Å². The Labute approximate surface area is 271 Å². The quantitative estimate of drug-likeness (QED) is 0.0713. The van der Waals surface area contributed by atoms with E-state index < -0.39 is 30.5 Å². The smallest absolute Gasteiger partial charge is 0.122 e. The van der Waals surface area contributed by atoms with Gasteiger partial charge in [-0.15, -0.1) is 0 Å². The maximum Gasteiger partial charge on any atom is 0.122 e. The highest BCUT2D eigenvalue weighted by Gasteiger charge is 2.47. The number of ether oxygens (including phenoxy) is 5. The van der Waals surface area contributed by atoms with Crippen LogP contribution in [0.25, 0.3) is 10.4 Å². The largest absolute Gasteiger partial charge is 0.490 e. The zero-order valence-corrected chi connectivity index (χ0v) is 26.6. The molecule has 1 unspecified atom stereocenters. The first-order chi connectivity index (χ1) is 22.6. The van der Waals surface area contributed by atoms with Crippen molar-refractivity contribution >= 4 is 0 Å². The molecule has 1 heterocycles. The molecule has 0 bridgehead atoms. The third-order valence-electron chi connectivity index (χ3n) is 8.21. The van der Waals surface area contributed by atoms with E-state index in [0.29, 0.717) is 26.2 Å². The highest BCUT2D eigenvalue weighted by Crippen LogP contribution is 2.33. The van der Waals surface area contributed by atoms with Crippen LogP contribution in [0.15, 0.2) is 120 Å². The van der Waals surface area contributed by atoms with Gasteiger partial charge in [0.1, 0.15) is 30.2 Å². The zero-order valence-electron chi connectivity index (χ0n) is 26.6. The van der Waals surface area contributed by atoms with Gasteiger partial charge in [0.25, 0.3) is 0 Å². The zero-order chi connectivity index (χ0) is 32.0. The lowest BCUT2D eigenvalue weighted by atomic mass is 9.91. The van der Waals surface area contributed by atoms with Gasteiger partial charge in [-0.25, -0.2) is 0 Å². The van der Waals surface area contributed by atoms with Gasteiger partial charge in [-0.3, -0.25) is 0 Å². The molecule has 0 spiro atoms. The summed E-state index contributed by atoms with van der Waals surface area (Å²) < 4.78 is 33.3. The molecule has 0 aromatic heterocycles. The van der Waals surface area contributed by atoms with Crippen molar-refractivity contribution in [1.82, 2.24) is 0 Å². The van der Waals surface area contributed by atoms with Crippen LogP contribution in [0.2, 0.25) is 0 Å². The van der Waals surface area contributed by atoms with Gasteiger partial charge >= 0.3 is 0 Å². The SMILES string of the molecule is CCc1ccccc1OC(CN=[N+]=[N-])C[C@@H]1O[C@@H](C)[C@@H](OCc2ccccc2)[C@@H](OCc2ccccc2)[C@@H]1OCc1ccccc1. The first-order valence-electron chi connectivity index (χ1n) is 16.0. The minimum Gasteiger partial charge on any atom is -0.490 e. The summed E-state index contributed by atoms with van der Waals surface area (Å²) in [6.45, 7) is 5.44. The van der Waals surface area contributed by atoms with E-state index in [0.717, 1.165) is 34.4 Å². The third kappa shape index (κ3) is 9.42. The molecule has 5 rings (SSSR count). The van der Waals surface area contributed by atoms with Gasteiger partial charge in [-0.05, 0) is 47.2 Å². The van der Waals surface area contributed by atoms with Crippen LogP contribution in [0.5, 0.6) is 5.75 Å². The van der Waals surface area contributed by atoms with Crippen molar-refractivity contribution < 1.29 is 23.7 Å². The number of hydrogen-bond donors (Lipinski definition) is 0. The van der Waals surface area contributed by atoms with Crippen molar-refractivity contribution in [2.45, 2.75) is 83.1 Å². The summed E-state index contributed by atoms with van der Waals surface area (Å²) in [6, 6.07) is 38.2. The van der Waals surface area contributed by atoms with Gasteiger partial charge < -0.3 is 23.7 Å². The van der Waals surface area contributed by atoms with E-state index in [1.807, 2.05) is 110 Å². The monoisotopic (exact) mass is 621 g/mol. The van der Waals surface area contributed by atoms with Crippen molar-refractivity contribution in [1.29, 1.82) is 0 Å². The Kier molecular flexibility index (Phi) is 12.6. The van der Waals surface area contributed by atoms with Gasteiger partial charge in [-0.1, -0.05) is 121 Å². The van der Waals surface area contributed by atoms with Crippen LogP contribution in [0, 0.1) is 0 Å². The minimum atomic E-state index is -0.500. The molecule has 0 N–H and O–H groups in total. The minimum absolute atomic E-state index is 0.150. The summed E-state index contributed by atoms with van der Waals surface area (Å²) in [7, 11) is 0. The van der Waals surface area contributed by atoms with Crippen molar-refractivity contribution in [3.05, 3.63) is 148 Å². The van der Waals surface area contributed by atoms with Crippen LogP contribution < -0.4 is 4.74 Å². The number of rotatable bonds is 16. The summed E-state index contributed by atoms with van der Waals surface area (Å²) >= 11 is 0. The second kappa shape index (κ2) is 17.5. The van der Waals surface area contributed by atoms with Crippen molar-refractivity contribution in [3.63, 3.8) is 0 Å². The molecule has 4 aromatic rings. The Morgan fingerprint density at radius 2 is 1.20 bits per heavy atom. The Balaban J connectivity index is 1.44. The molecule has 0 amide bonds. The lowest BCUT2D eigenvalue weighted by molar-refractivity contribution is -0.264. The maximum atomic E-state index is 9.21. The van der Waals surface area contributed by atoms with E-state index in [1.54, 1.807) is 0 Å². The summed E-state index contributed by atoms with van der Waals surface area (Å²) in [5.41, 5.74) is 13.5. The van der Waals surface area contributed by atoms with Gasteiger partial charge in [0.2, 0.25) is 0 Å². The van der Waals surface area contributed by atoms with Crippen LogP contribution in [-0.4, -0.2) is 43.2 Å². The van der Waals surface area contributed by atoms with Crippen LogP contribution >= 0.6 is 0 Å². The maximum absolute atomic E-state index is 9.21.